The van der Waals surface area contributed by atoms with Crippen LogP contribution in [0.1, 0.15) is 254 Å². The second-order valence-electron chi connectivity index (χ2n) is 39.2. The maximum absolute atomic E-state index is 13.6. The van der Waals surface area contributed by atoms with E-state index >= 15 is 0 Å². The number of rotatable bonds is 66. The van der Waals surface area contributed by atoms with E-state index in [1.165, 1.54) is 95.3 Å². The van der Waals surface area contributed by atoms with Crippen molar-refractivity contribution in [3.05, 3.63) is 235 Å². The van der Waals surface area contributed by atoms with E-state index in [1.54, 1.807) is 12.2 Å². The van der Waals surface area contributed by atoms with Crippen molar-refractivity contribution in [2.75, 3.05) is 145 Å². The number of allylic oxidation sites excluding steroid dienone is 36. The average Bonchev–Trinajstić information content (AvgIpc) is 0.839. The lowest BCUT2D eigenvalue weighted by molar-refractivity contribution is -0.127. The van der Waals surface area contributed by atoms with E-state index in [-0.39, 0.29) is 155 Å². The van der Waals surface area contributed by atoms with E-state index < -0.39 is 18.0 Å². The summed E-state index contributed by atoms with van der Waals surface area (Å²) in [5.41, 5.74) is 18.2. The van der Waals surface area contributed by atoms with Gasteiger partial charge in [-0.1, -0.05) is 222 Å². The Balaban J connectivity index is 1.02. The predicted octanol–water partition coefficient (Wildman–Crippen LogP) is 19.3. The van der Waals surface area contributed by atoms with Crippen molar-refractivity contribution in [1.82, 2.24) is 42.5 Å². The Morgan fingerprint density at radius 3 is 0.971 bits per heavy atom. The molecular formula is C114H174N8O16. The van der Waals surface area contributed by atoms with Gasteiger partial charge in [-0.25, -0.2) is 0 Å². The van der Waals surface area contributed by atoms with Crippen molar-refractivity contribution in [3.63, 3.8) is 0 Å². The van der Waals surface area contributed by atoms with Gasteiger partial charge in [0.25, 0.3) is 0 Å². The van der Waals surface area contributed by atoms with Crippen LogP contribution in [0.2, 0.25) is 0 Å². The SMILES string of the molecule is CC(C=CC1=C(C)CCCC1(C)C)=CC=CC(C)=CC(=O)NCCCCC(NC(=O)C=C(C)C=CC=C(C)C=CC1=C(C)CCCC1(C)C)C(=O)NCCOCCOCCNC(=O)CCOCCOCCOCCOCCC(=O)NCCOCCOCCNC(=O)C(CCCCNC(=O)C=C(C)C=CC=CC=C1C(C)=CCCC1(C)C)NC(=O)C=C(C)C=CC=C(C)C=CC1=C(C)CCCC1(C)C. The predicted molar refractivity (Wildman–Crippen MR) is 561 cm³/mol. The number of nitrogens with one attached hydrogen (secondary N) is 8. The summed E-state index contributed by atoms with van der Waals surface area (Å²) in [4.78, 5) is 104. The van der Waals surface area contributed by atoms with Gasteiger partial charge < -0.3 is 80.4 Å². The lowest BCUT2D eigenvalue weighted by Crippen LogP contribution is -2.47. The molecule has 0 spiro atoms. The highest BCUT2D eigenvalue weighted by molar-refractivity contribution is 5.94. The topological polar surface area (TPSA) is 307 Å². The highest BCUT2D eigenvalue weighted by Crippen LogP contribution is 2.44. The fourth-order valence-corrected chi connectivity index (χ4v) is 16.7. The molecule has 4 aliphatic rings. The Labute approximate surface area is 829 Å². The van der Waals surface area contributed by atoms with Crippen molar-refractivity contribution in [1.29, 1.82) is 0 Å². The van der Waals surface area contributed by atoms with Crippen LogP contribution in [-0.2, 0) is 76.3 Å². The highest BCUT2D eigenvalue weighted by Gasteiger charge is 2.31. The van der Waals surface area contributed by atoms with Gasteiger partial charge in [-0.15, -0.1) is 0 Å². The molecule has 8 N–H and O–H groups in total. The summed E-state index contributed by atoms with van der Waals surface area (Å²) in [7, 11) is 0. The molecule has 0 radical (unpaired) electrons. The second kappa shape index (κ2) is 69.2. The van der Waals surface area contributed by atoms with Crippen LogP contribution >= 0.6 is 0 Å². The molecule has 0 saturated carbocycles. The lowest BCUT2D eigenvalue weighted by Gasteiger charge is -2.33. The third-order valence-electron chi connectivity index (χ3n) is 24.7. The molecule has 24 nitrogen and oxygen atoms in total. The molecule has 0 saturated heterocycles. The van der Waals surface area contributed by atoms with Crippen LogP contribution in [-0.4, -0.2) is 204 Å². The summed E-state index contributed by atoms with van der Waals surface area (Å²) in [6.07, 6.45) is 65.3. The molecule has 24 heteroatoms. The molecule has 0 aliphatic heterocycles. The molecule has 0 fully saturated rings. The molecule has 4 aliphatic carbocycles. The molecule has 0 aromatic heterocycles. The first-order valence-electron chi connectivity index (χ1n) is 50.4. The number of ether oxygens (including phenoxy) is 8. The average molecular weight is 1910 g/mol. The largest absolute Gasteiger partial charge is 0.379 e. The van der Waals surface area contributed by atoms with Crippen molar-refractivity contribution in [3.8, 4) is 0 Å². The number of unbranched alkanes of at least 4 members (excludes halogenated alkanes) is 2. The third kappa shape index (κ3) is 54.7. The number of hydrogen-bond acceptors (Lipinski definition) is 16. The first kappa shape index (κ1) is 121. The van der Waals surface area contributed by atoms with E-state index in [9.17, 15) is 38.4 Å². The van der Waals surface area contributed by atoms with E-state index in [4.69, 9.17) is 37.9 Å². The summed E-state index contributed by atoms with van der Waals surface area (Å²) in [5.74, 6) is -2.22. The quantitative estimate of drug-likeness (QED) is 0.0159. The van der Waals surface area contributed by atoms with Gasteiger partial charge >= 0.3 is 0 Å². The first-order chi connectivity index (χ1) is 65.9. The van der Waals surface area contributed by atoms with Crippen LogP contribution in [0, 0.1) is 21.7 Å². The van der Waals surface area contributed by atoms with Crippen LogP contribution in [0.5, 0.6) is 0 Å². The zero-order valence-electron chi connectivity index (χ0n) is 87.6. The molecule has 766 valence electrons. The Morgan fingerprint density at radius 1 is 0.326 bits per heavy atom. The minimum atomic E-state index is -0.824. The minimum absolute atomic E-state index is 0.139. The summed E-state index contributed by atoms with van der Waals surface area (Å²) >= 11 is 0. The molecule has 2 unspecified atom stereocenters. The smallest absolute Gasteiger partial charge is 0.244 e. The summed E-state index contributed by atoms with van der Waals surface area (Å²) < 4.78 is 45.0. The number of hydrogen-bond donors (Lipinski definition) is 8. The van der Waals surface area contributed by atoms with Gasteiger partial charge in [-0.2, -0.15) is 0 Å². The zero-order chi connectivity index (χ0) is 101. The summed E-state index contributed by atoms with van der Waals surface area (Å²) in [5, 5.41) is 23.1. The molecule has 4 rings (SSSR count). The lowest BCUT2D eigenvalue weighted by atomic mass is 9.72. The third-order valence-corrected chi connectivity index (χ3v) is 24.7. The minimum Gasteiger partial charge on any atom is -0.379 e. The van der Waals surface area contributed by atoms with Gasteiger partial charge in [0.05, 0.1) is 106 Å². The second-order valence-corrected chi connectivity index (χ2v) is 39.2. The fourth-order valence-electron chi connectivity index (χ4n) is 16.7. The molecular weight excluding hydrogens is 1740 g/mol. The Kier molecular flexibility index (Phi) is 60.4. The molecule has 0 aromatic rings. The van der Waals surface area contributed by atoms with Crippen molar-refractivity contribution in [2.24, 2.45) is 21.7 Å². The summed E-state index contributed by atoms with van der Waals surface area (Å²) in [6.45, 7) is 47.3. The van der Waals surface area contributed by atoms with E-state index in [1.807, 2.05) is 107 Å². The van der Waals surface area contributed by atoms with Crippen molar-refractivity contribution >= 4 is 47.3 Å². The normalized spacial score (nSPS) is 17.9. The Bertz CT molecular complexity index is 4510. The van der Waals surface area contributed by atoms with E-state index in [2.05, 4.69) is 195 Å². The molecule has 138 heavy (non-hydrogen) atoms. The van der Waals surface area contributed by atoms with Gasteiger partial charge in [0.2, 0.25) is 47.3 Å². The van der Waals surface area contributed by atoms with Crippen LogP contribution in [0.3, 0.4) is 0 Å². The number of carbonyl (C=O) groups is 8. The van der Waals surface area contributed by atoms with Gasteiger partial charge in [-0.3, -0.25) is 38.4 Å². The zero-order valence-corrected chi connectivity index (χ0v) is 87.6. The highest BCUT2D eigenvalue weighted by atomic mass is 16.6. The van der Waals surface area contributed by atoms with Gasteiger partial charge in [0.15, 0.2) is 0 Å². The molecule has 0 aromatic carbocycles. The molecule has 0 bridgehead atoms. The molecule has 2 atom stereocenters. The van der Waals surface area contributed by atoms with Crippen LogP contribution in [0.15, 0.2) is 235 Å². The van der Waals surface area contributed by atoms with Crippen LogP contribution in [0.4, 0.5) is 0 Å². The summed E-state index contributed by atoms with van der Waals surface area (Å²) in [6, 6.07) is -1.65. The molecule has 8 amide bonds. The van der Waals surface area contributed by atoms with Gasteiger partial charge in [0.1, 0.15) is 12.1 Å². The van der Waals surface area contributed by atoms with Crippen LogP contribution < -0.4 is 42.5 Å². The first-order valence-corrected chi connectivity index (χ1v) is 50.4. The number of amides is 8. The van der Waals surface area contributed by atoms with Crippen molar-refractivity contribution < 1.29 is 76.3 Å². The Morgan fingerprint density at radius 2 is 0.638 bits per heavy atom. The number of carbonyl (C=O) groups excluding carboxylic acids is 8. The fraction of sp³-hybridized carbons (Fsp3) is 0.579. The van der Waals surface area contributed by atoms with Gasteiger partial charge in [0, 0.05) is 76.4 Å². The maximum Gasteiger partial charge on any atom is 0.244 e. The van der Waals surface area contributed by atoms with Crippen molar-refractivity contribution in [2.45, 2.75) is 266 Å². The maximum atomic E-state index is 13.6. The molecule has 0 heterocycles. The monoisotopic (exact) mass is 1910 g/mol. The van der Waals surface area contributed by atoms with E-state index in [0.29, 0.717) is 104 Å². The van der Waals surface area contributed by atoms with Crippen LogP contribution in [0.25, 0.3) is 0 Å². The standard InChI is InChI=1S/C114H174N8O16/c1-86(48-51-98-94(9)42-31-57-112(98,14)15)35-27-38-90(5)83-106(126)116-61-26-24-47-102(122-108(128)85-92(7)40-29-37-88(3)50-53-100-96(11)44-33-59-114(100,18)19)110(130)120-65-71-136-77-75-134-69-63-118-104(124)55-67-132-73-79-138-81-80-137-78-72-131-66-54-103(123)117-62-68-133-74-76-135-70-64-119-109(129)101(121-107(127)84-91(6)39-28-36-87(2)49-52-99-95(10)43-32-58-113(99,16)17)46-23-25-60-115-105(125)82-89(4)34-21-20-22-45-97-93(8)41-30-56-111(97,12)13/h20-22,27-29,34-41,45,48-53,82-85,101-102H,23-26,30-33,42-44,46-47,54-81H2,1-19H3,(H,115,125)(H,116,126)(H,117,123)(H,118,124)(H,119,129)(H,120,130)(H,121,127)(H,122,128). The van der Waals surface area contributed by atoms with Gasteiger partial charge in [-0.05, 0) is 252 Å². The van der Waals surface area contributed by atoms with E-state index in [0.717, 1.165) is 71.1 Å². The Hall–Kier alpha value is -9.76.